The molecular formula is C22H16N2O4S3. The summed E-state index contributed by atoms with van der Waals surface area (Å²) in [6.07, 6.45) is 0. The molecule has 9 heteroatoms. The lowest BCUT2D eigenvalue weighted by Crippen LogP contribution is -2.30. The molecule has 0 spiro atoms. The van der Waals surface area contributed by atoms with Crippen LogP contribution in [0.4, 0.5) is 5.13 Å². The molecule has 3 aromatic heterocycles. The first-order chi connectivity index (χ1) is 15.0. The largest absolute Gasteiger partial charge is 0.503 e. The van der Waals surface area contributed by atoms with E-state index in [1.54, 1.807) is 24.6 Å². The summed E-state index contributed by atoms with van der Waals surface area (Å²) in [5.74, 6) is -0.758. The second kappa shape index (κ2) is 7.60. The number of benzene rings is 1. The van der Waals surface area contributed by atoms with Crippen molar-refractivity contribution in [3.8, 4) is 5.75 Å². The number of nitrogens with zero attached hydrogens (tertiary/aromatic N) is 2. The average molecular weight is 469 g/mol. The van der Waals surface area contributed by atoms with Gasteiger partial charge in [-0.3, -0.25) is 14.5 Å². The number of aromatic nitrogens is 1. The van der Waals surface area contributed by atoms with Crippen molar-refractivity contribution in [2.75, 3.05) is 12.0 Å². The Balaban J connectivity index is 1.66. The molecule has 0 fully saturated rings. The number of anilines is 1. The van der Waals surface area contributed by atoms with Crippen LogP contribution in [0, 0.1) is 6.92 Å². The zero-order valence-corrected chi connectivity index (χ0v) is 18.9. The Morgan fingerprint density at radius 3 is 2.65 bits per heavy atom. The number of hydrogen-bond donors (Lipinski definition) is 1. The molecule has 31 heavy (non-hydrogen) atoms. The Labute approximate surface area is 189 Å². The van der Waals surface area contributed by atoms with Gasteiger partial charge in [0, 0.05) is 4.88 Å². The first kappa shape index (κ1) is 19.9. The highest BCUT2D eigenvalue weighted by Crippen LogP contribution is 2.46. The summed E-state index contributed by atoms with van der Waals surface area (Å²) in [4.78, 5) is 33.8. The van der Waals surface area contributed by atoms with Gasteiger partial charge in [-0.15, -0.1) is 22.7 Å². The van der Waals surface area contributed by atoms with E-state index >= 15 is 0 Å². The van der Waals surface area contributed by atoms with E-state index in [-0.39, 0.29) is 11.4 Å². The number of thiophene rings is 2. The fraction of sp³-hybridized carbons (Fsp3) is 0.136. The topological polar surface area (TPSA) is 79.7 Å². The van der Waals surface area contributed by atoms with Crippen molar-refractivity contribution in [2.24, 2.45) is 0 Å². The van der Waals surface area contributed by atoms with Crippen LogP contribution in [0.2, 0.25) is 0 Å². The summed E-state index contributed by atoms with van der Waals surface area (Å²) in [6, 6.07) is 10.2. The molecule has 1 unspecified atom stereocenters. The second-order valence-electron chi connectivity index (χ2n) is 6.95. The van der Waals surface area contributed by atoms with E-state index in [4.69, 9.17) is 4.74 Å². The van der Waals surface area contributed by atoms with Crippen LogP contribution in [-0.4, -0.2) is 28.9 Å². The molecule has 1 atom stereocenters. The van der Waals surface area contributed by atoms with Crippen molar-refractivity contribution in [1.82, 2.24) is 4.98 Å². The number of aryl methyl sites for hydroxylation is 1. The first-order valence-corrected chi connectivity index (χ1v) is 11.9. The number of Topliss-reactive ketones (excluding diaryl/α,β-unsaturated/α-hetero) is 1. The van der Waals surface area contributed by atoms with E-state index in [0.717, 1.165) is 26.4 Å². The van der Waals surface area contributed by atoms with Gasteiger partial charge in [-0.05, 0) is 47.5 Å². The third-order valence-corrected chi connectivity index (χ3v) is 7.92. The maximum absolute atomic E-state index is 13.2. The van der Waals surface area contributed by atoms with Gasteiger partial charge < -0.3 is 9.84 Å². The maximum atomic E-state index is 13.2. The molecule has 5 rings (SSSR count). The van der Waals surface area contributed by atoms with Crippen LogP contribution in [0.25, 0.3) is 10.2 Å². The van der Waals surface area contributed by atoms with Crippen LogP contribution >= 0.6 is 34.0 Å². The van der Waals surface area contributed by atoms with Crippen LogP contribution in [0.5, 0.6) is 5.75 Å². The maximum Gasteiger partial charge on any atom is 0.296 e. The molecule has 1 N–H and O–H groups in total. The molecule has 4 heterocycles. The molecule has 1 aliphatic heterocycles. The van der Waals surface area contributed by atoms with Crippen molar-refractivity contribution in [2.45, 2.75) is 13.0 Å². The van der Waals surface area contributed by atoms with E-state index in [9.17, 15) is 14.7 Å². The molecular weight excluding hydrogens is 452 g/mol. The number of aliphatic hydroxyl groups excluding tert-OH is 1. The quantitative estimate of drug-likeness (QED) is 0.390. The van der Waals surface area contributed by atoms with Crippen molar-refractivity contribution in [3.05, 3.63) is 73.8 Å². The number of carbonyl (C=O) groups excluding carboxylic acids is 2. The number of carbonyl (C=O) groups is 2. The standard InChI is InChI=1S/C22H16N2O4S3/c1-11-9-12-16(10-13(11)28-2)31-22(23-12)24-18(14-5-3-7-29-14)17(20(26)21(24)27)19(25)15-6-4-8-30-15/h3-10,18,26H,1-2H3. The second-order valence-corrected chi connectivity index (χ2v) is 9.88. The molecule has 1 aromatic carbocycles. The molecule has 6 nitrogen and oxygen atoms in total. The van der Waals surface area contributed by atoms with Gasteiger partial charge in [-0.25, -0.2) is 4.98 Å². The predicted molar refractivity (Wildman–Crippen MR) is 124 cm³/mol. The predicted octanol–water partition coefficient (Wildman–Crippen LogP) is 5.52. The Hall–Kier alpha value is -3.01. The minimum atomic E-state index is -0.731. The molecule has 0 aliphatic carbocycles. The van der Waals surface area contributed by atoms with Crippen molar-refractivity contribution >= 4 is 61.0 Å². The number of fused-ring (bicyclic) bond motifs is 1. The molecule has 0 bridgehead atoms. The minimum Gasteiger partial charge on any atom is -0.503 e. The number of rotatable bonds is 5. The van der Waals surface area contributed by atoms with E-state index in [1.807, 2.05) is 36.6 Å². The van der Waals surface area contributed by atoms with Gasteiger partial charge in [0.05, 0.1) is 27.8 Å². The highest BCUT2D eigenvalue weighted by molar-refractivity contribution is 7.22. The van der Waals surface area contributed by atoms with Crippen LogP contribution < -0.4 is 9.64 Å². The number of ketones is 1. The number of amides is 1. The number of methoxy groups -OCH3 is 1. The summed E-state index contributed by atoms with van der Waals surface area (Å²) in [7, 11) is 1.61. The monoisotopic (exact) mass is 468 g/mol. The van der Waals surface area contributed by atoms with E-state index in [2.05, 4.69) is 4.98 Å². The normalized spacial score (nSPS) is 16.5. The van der Waals surface area contributed by atoms with Gasteiger partial charge in [0.15, 0.2) is 10.9 Å². The average Bonchev–Trinajstić information content (AvgIpc) is 3.55. The van der Waals surface area contributed by atoms with Crippen molar-refractivity contribution in [1.29, 1.82) is 0 Å². The lowest BCUT2D eigenvalue weighted by atomic mass is 10.0. The zero-order chi connectivity index (χ0) is 21.7. The minimum absolute atomic E-state index is 0.0860. The van der Waals surface area contributed by atoms with Crippen molar-refractivity contribution in [3.63, 3.8) is 0 Å². The highest BCUT2D eigenvalue weighted by Gasteiger charge is 2.46. The summed E-state index contributed by atoms with van der Waals surface area (Å²) in [5, 5.41) is 14.9. The van der Waals surface area contributed by atoms with E-state index in [1.165, 1.54) is 38.9 Å². The van der Waals surface area contributed by atoms with Gasteiger partial charge in [-0.1, -0.05) is 23.5 Å². The molecule has 1 amide bonds. The van der Waals surface area contributed by atoms with E-state index in [0.29, 0.717) is 10.0 Å². The number of thiazole rings is 1. The van der Waals surface area contributed by atoms with Gasteiger partial charge in [0.25, 0.3) is 5.91 Å². The molecule has 0 saturated carbocycles. The first-order valence-electron chi connectivity index (χ1n) is 9.33. The van der Waals surface area contributed by atoms with Gasteiger partial charge >= 0.3 is 0 Å². The van der Waals surface area contributed by atoms with Gasteiger partial charge in [0.2, 0.25) is 5.78 Å². The smallest absolute Gasteiger partial charge is 0.296 e. The summed E-state index contributed by atoms with van der Waals surface area (Å²) in [6.45, 7) is 1.93. The number of hydrogen-bond acceptors (Lipinski definition) is 8. The fourth-order valence-electron chi connectivity index (χ4n) is 3.66. The fourth-order valence-corrected chi connectivity index (χ4v) is 6.17. The Kier molecular flexibility index (Phi) is 4.88. The molecule has 156 valence electrons. The third kappa shape index (κ3) is 3.16. The summed E-state index contributed by atoms with van der Waals surface area (Å²) >= 11 is 4.03. The van der Waals surface area contributed by atoms with Crippen LogP contribution in [-0.2, 0) is 4.79 Å². The van der Waals surface area contributed by atoms with E-state index < -0.39 is 17.7 Å². The molecule has 0 saturated heterocycles. The third-order valence-electron chi connectivity index (χ3n) is 5.11. The lowest BCUT2D eigenvalue weighted by molar-refractivity contribution is -0.117. The highest BCUT2D eigenvalue weighted by atomic mass is 32.1. The van der Waals surface area contributed by atoms with Gasteiger partial charge in [-0.2, -0.15) is 0 Å². The van der Waals surface area contributed by atoms with Crippen molar-refractivity contribution < 1.29 is 19.4 Å². The van der Waals surface area contributed by atoms with Crippen LogP contribution in [0.1, 0.15) is 26.2 Å². The lowest BCUT2D eigenvalue weighted by Gasteiger charge is -2.22. The van der Waals surface area contributed by atoms with Gasteiger partial charge in [0.1, 0.15) is 11.8 Å². The Bertz CT molecular complexity index is 1340. The number of aliphatic hydroxyl groups is 1. The molecule has 4 aromatic rings. The molecule has 0 radical (unpaired) electrons. The number of ether oxygens (including phenoxy) is 1. The SMILES string of the molecule is COc1cc2sc(N3C(=O)C(O)=C(C(=O)c4cccs4)C3c3cccs3)nc2cc1C. The summed E-state index contributed by atoms with van der Waals surface area (Å²) < 4.78 is 6.26. The molecule has 1 aliphatic rings. The Morgan fingerprint density at radius 1 is 1.19 bits per heavy atom. The summed E-state index contributed by atoms with van der Waals surface area (Å²) in [5.41, 5.74) is 1.75. The zero-order valence-electron chi connectivity index (χ0n) is 16.5. The Morgan fingerprint density at radius 2 is 1.97 bits per heavy atom. The van der Waals surface area contributed by atoms with Crippen LogP contribution in [0.3, 0.4) is 0 Å². The van der Waals surface area contributed by atoms with Crippen LogP contribution in [0.15, 0.2) is 58.5 Å².